The fraction of sp³-hybridized carbons (Fsp3) is 0.875. The van der Waals surface area contributed by atoms with Crippen LogP contribution >= 0.6 is 0 Å². The van der Waals surface area contributed by atoms with E-state index in [-0.39, 0.29) is 11.8 Å². The number of Topliss-reactive ketones (excluding diaryl/α,β-unsaturated/α-hetero) is 1. The molecule has 0 heterocycles. The van der Waals surface area contributed by atoms with Crippen LogP contribution in [0.3, 0.4) is 0 Å². The normalized spacial score (nSPS) is 37.3. The van der Waals surface area contributed by atoms with E-state index in [1.54, 1.807) is 0 Å². The minimum absolute atomic E-state index is 0.120. The second-order valence-corrected chi connectivity index (χ2v) is 9.38. The van der Waals surface area contributed by atoms with E-state index in [4.69, 9.17) is 0 Å². The monoisotopic (exact) mass is 362 g/mol. The average molecular weight is 363 g/mol. The van der Waals surface area contributed by atoms with Crippen LogP contribution in [0.15, 0.2) is 11.6 Å². The highest BCUT2D eigenvalue weighted by Gasteiger charge is 2.62. The van der Waals surface area contributed by atoms with Crippen LogP contribution < -0.4 is 0 Å². The molecule has 2 nitrogen and oxygen atoms in total. The van der Waals surface area contributed by atoms with Gasteiger partial charge in [0.1, 0.15) is 5.78 Å². The zero-order chi connectivity index (χ0) is 19.5. The topological polar surface area (TPSA) is 37.3 Å². The average Bonchev–Trinajstić information content (AvgIpc) is 2.66. The van der Waals surface area contributed by atoms with Gasteiger partial charge in [-0.3, -0.25) is 4.79 Å². The molecule has 2 rings (SSSR count). The molecule has 0 radical (unpaired) electrons. The molecule has 26 heavy (non-hydrogen) atoms. The third kappa shape index (κ3) is 3.43. The number of hydrogen-bond donors (Lipinski definition) is 1. The smallest absolute Gasteiger partial charge is 0.142 e. The molecule has 6 atom stereocenters. The van der Waals surface area contributed by atoms with Gasteiger partial charge < -0.3 is 5.11 Å². The Hall–Kier alpha value is -0.630. The molecule has 0 aliphatic heterocycles. The fourth-order valence-electron chi connectivity index (χ4n) is 6.18. The van der Waals surface area contributed by atoms with Crippen molar-refractivity contribution in [3.8, 4) is 0 Å². The number of carbonyl (C=O) groups excluding carboxylic acids is 1. The molecular weight excluding hydrogens is 320 g/mol. The summed E-state index contributed by atoms with van der Waals surface area (Å²) in [4.78, 5) is 13.5. The Morgan fingerprint density at radius 3 is 2.42 bits per heavy atom. The molecule has 0 aromatic carbocycles. The van der Waals surface area contributed by atoms with Crippen molar-refractivity contribution in [2.75, 3.05) is 0 Å². The molecule has 0 saturated heterocycles. The van der Waals surface area contributed by atoms with Crippen LogP contribution in [0.2, 0.25) is 0 Å². The van der Waals surface area contributed by atoms with E-state index in [2.05, 4.69) is 47.6 Å². The lowest BCUT2D eigenvalue weighted by molar-refractivity contribution is -0.194. The first kappa shape index (κ1) is 21.7. The first-order valence-electron chi connectivity index (χ1n) is 11.1. The van der Waals surface area contributed by atoms with Crippen molar-refractivity contribution >= 4 is 5.78 Å². The summed E-state index contributed by atoms with van der Waals surface area (Å²) in [6, 6.07) is 0. The quantitative estimate of drug-likeness (QED) is 0.561. The van der Waals surface area contributed by atoms with Crippen molar-refractivity contribution < 1.29 is 9.90 Å². The van der Waals surface area contributed by atoms with Gasteiger partial charge in [-0.15, -0.1) is 0 Å². The van der Waals surface area contributed by atoms with Crippen molar-refractivity contribution in [2.45, 2.75) is 105 Å². The number of carbonyl (C=O) groups is 1. The summed E-state index contributed by atoms with van der Waals surface area (Å²) >= 11 is 0. The van der Waals surface area contributed by atoms with Crippen molar-refractivity contribution in [2.24, 2.45) is 29.1 Å². The summed E-state index contributed by atoms with van der Waals surface area (Å²) in [6.07, 6.45) is 11.0. The van der Waals surface area contributed by atoms with Crippen molar-refractivity contribution in [1.29, 1.82) is 0 Å². The molecule has 2 fully saturated rings. The maximum atomic E-state index is 13.5. The van der Waals surface area contributed by atoms with Gasteiger partial charge in [0.2, 0.25) is 0 Å². The van der Waals surface area contributed by atoms with E-state index in [0.717, 1.165) is 44.9 Å². The molecule has 6 unspecified atom stereocenters. The first-order chi connectivity index (χ1) is 12.3. The van der Waals surface area contributed by atoms with Gasteiger partial charge in [-0.1, -0.05) is 65.0 Å². The van der Waals surface area contributed by atoms with Crippen LogP contribution in [0.1, 0.15) is 99.3 Å². The van der Waals surface area contributed by atoms with Gasteiger partial charge in [0.05, 0.1) is 11.0 Å². The van der Waals surface area contributed by atoms with E-state index >= 15 is 0 Å². The van der Waals surface area contributed by atoms with Gasteiger partial charge >= 0.3 is 0 Å². The van der Waals surface area contributed by atoms with Gasteiger partial charge in [-0.25, -0.2) is 0 Å². The zero-order valence-corrected chi connectivity index (χ0v) is 18.1. The van der Waals surface area contributed by atoms with Crippen LogP contribution in [0, 0.1) is 29.1 Å². The van der Waals surface area contributed by atoms with Gasteiger partial charge in [0, 0.05) is 6.42 Å². The SMILES string of the molecule is CC=C(C)C(C)C1(C2(O)CCCCC2C(C)C(C)CC)CCCCC1=O. The van der Waals surface area contributed by atoms with E-state index in [1.165, 1.54) is 12.0 Å². The minimum Gasteiger partial charge on any atom is -0.389 e. The molecule has 1 N–H and O–H groups in total. The number of hydrogen-bond acceptors (Lipinski definition) is 2. The van der Waals surface area contributed by atoms with E-state index in [9.17, 15) is 9.90 Å². The zero-order valence-electron chi connectivity index (χ0n) is 18.1. The van der Waals surface area contributed by atoms with Crippen molar-refractivity contribution in [3.63, 3.8) is 0 Å². The molecule has 2 aliphatic carbocycles. The molecule has 0 aromatic heterocycles. The molecule has 2 aliphatic rings. The highest BCUT2D eigenvalue weighted by molar-refractivity contribution is 5.87. The standard InChI is InChI=1S/C24H42O2/c1-7-17(3)19(5)21-13-9-12-16-24(21,26)23(20(6)18(4)8-2)15-11-10-14-22(23)25/h8,17,19-21,26H,7,9-16H2,1-6H3. The highest BCUT2D eigenvalue weighted by Crippen LogP contribution is 2.59. The molecule has 2 heteroatoms. The molecule has 150 valence electrons. The molecule has 0 amide bonds. The van der Waals surface area contributed by atoms with E-state index in [0.29, 0.717) is 24.0 Å². The molecule has 0 spiro atoms. The Balaban J connectivity index is 2.57. The summed E-state index contributed by atoms with van der Waals surface area (Å²) in [5.74, 6) is 1.73. The maximum Gasteiger partial charge on any atom is 0.142 e. The summed E-state index contributed by atoms with van der Waals surface area (Å²) in [5, 5.41) is 12.4. The van der Waals surface area contributed by atoms with Crippen molar-refractivity contribution in [1.82, 2.24) is 0 Å². The van der Waals surface area contributed by atoms with Crippen LogP contribution in [-0.2, 0) is 4.79 Å². The summed E-state index contributed by atoms with van der Waals surface area (Å²) < 4.78 is 0. The minimum atomic E-state index is -0.852. The number of rotatable bonds is 6. The highest BCUT2D eigenvalue weighted by atomic mass is 16.3. The van der Waals surface area contributed by atoms with Gasteiger partial charge in [0.25, 0.3) is 0 Å². The van der Waals surface area contributed by atoms with E-state index in [1.807, 2.05) is 0 Å². The third-order valence-corrected chi connectivity index (χ3v) is 8.49. The number of aliphatic hydroxyl groups is 1. The third-order valence-electron chi connectivity index (χ3n) is 8.49. The lowest BCUT2D eigenvalue weighted by Crippen LogP contribution is -2.64. The molecule has 0 aromatic rings. The Morgan fingerprint density at radius 2 is 1.85 bits per heavy atom. The Morgan fingerprint density at radius 1 is 1.19 bits per heavy atom. The Kier molecular flexibility index (Phi) is 7.16. The van der Waals surface area contributed by atoms with Gasteiger partial charge in [-0.2, -0.15) is 0 Å². The Labute approximate surface area is 161 Å². The van der Waals surface area contributed by atoms with Gasteiger partial charge in [-0.05, 0) is 63.2 Å². The van der Waals surface area contributed by atoms with Crippen molar-refractivity contribution in [3.05, 3.63) is 11.6 Å². The largest absolute Gasteiger partial charge is 0.389 e. The van der Waals surface area contributed by atoms with Crippen LogP contribution in [0.5, 0.6) is 0 Å². The molecule has 2 saturated carbocycles. The van der Waals surface area contributed by atoms with Crippen LogP contribution in [0.25, 0.3) is 0 Å². The first-order valence-corrected chi connectivity index (χ1v) is 11.1. The summed E-state index contributed by atoms with van der Waals surface area (Å²) in [6.45, 7) is 13.3. The predicted molar refractivity (Wildman–Crippen MR) is 110 cm³/mol. The second-order valence-electron chi connectivity index (χ2n) is 9.38. The van der Waals surface area contributed by atoms with Crippen LogP contribution in [0.4, 0.5) is 0 Å². The number of allylic oxidation sites excluding steroid dienone is 2. The van der Waals surface area contributed by atoms with Gasteiger partial charge in [0.15, 0.2) is 0 Å². The Bertz CT molecular complexity index is 522. The summed E-state index contributed by atoms with van der Waals surface area (Å²) in [7, 11) is 0. The lowest BCUT2D eigenvalue weighted by atomic mass is 9.47. The lowest BCUT2D eigenvalue weighted by Gasteiger charge is -2.58. The second kappa shape index (κ2) is 8.59. The predicted octanol–water partition coefficient (Wildman–Crippen LogP) is 6.32. The number of ketones is 1. The fourth-order valence-corrected chi connectivity index (χ4v) is 6.18. The van der Waals surface area contributed by atoms with E-state index < -0.39 is 11.0 Å². The molecule has 0 bridgehead atoms. The van der Waals surface area contributed by atoms with Crippen LogP contribution in [-0.4, -0.2) is 16.5 Å². The maximum absolute atomic E-state index is 13.5. The molecular formula is C24H42O2. The summed E-state index contributed by atoms with van der Waals surface area (Å²) in [5.41, 5.74) is -0.182.